The van der Waals surface area contributed by atoms with E-state index in [1.54, 1.807) is 11.6 Å². The zero-order valence-electron chi connectivity index (χ0n) is 18.4. The number of aromatic nitrogens is 2. The van der Waals surface area contributed by atoms with E-state index in [9.17, 15) is 9.59 Å². The van der Waals surface area contributed by atoms with Gasteiger partial charge in [0.05, 0.1) is 10.6 Å². The zero-order chi connectivity index (χ0) is 22.1. The second-order valence-electron chi connectivity index (χ2n) is 8.07. The maximum atomic E-state index is 12.8. The first-order valence-corrected chi connectivity index (χ1v) is 12.3. The van der Waals surface area contributed by atoms with Crippen molar-refractivity contribution in [1.29, 1.82) is 0 Å². The molecule has 3 aromatic rings. The van der Waals surface area contributed by atoms with Gasteiger partial charge >= 0.3 is 0 Å². The second kappa shape index (κ2) is 9.04. The third kappa shape index (κ3) is 4.50. The topological polar surface area (TPSA) is 67.2 Å². The van der Waals surface area contributed by atoms with Gasteiger partial charge in [0.2, 0.25) is 5.91 Å². The van der Waals surface area contributed by atoms with E-state index in [0.717, 1.165) is 34.0 Å². The van der Waals surface area contributed by atoms with Crippen molar-refractivity contribution in [2.45, 2.75) is 50.4 Å². The van der Waals surface area contributed by atoms with Crippen LogP contribution in [-0.4, -0.2) is 33.8 Å². The average molecular weight is 457 g/mol. The Bertz CT molecular complexity index is 1160. The summed E-state index contributed by atoms with van der Waals surface area (Å²) < 4.78 is 1.54. The van der Waals surface area contributed by atoms with Gasteiger partial charge in [-0.2, -0.15) is 0 Å². The van der Waals surface area contributed by atoms with Crippen LogP contribution in [0.15, 0.2) is 34.2 Å². The number of nitrogens with zero attached hydrogens (tertiary/aromatic N) is 3. The van der Waals surface area contributed by atoms with Gasteiger partial charge in [-0.25, -0.2) is 4.98 Å². The summed E-state index contributed by atoms with van der Waals surface area (Å²) in [7, 11) is 1.72. The molecule has 0 aliphatic carbocycles. The third-order valence-electron chi connectivity index (χ3n) is 5.88. The highest BCUT2D eigenvalue weighted by molar-refractivity contribution is 8.00. The van der Waals surface area contributed by atoms with Crippen molar-refractivity contribution in [3.63, 3.8) is 0 Å². The molecule has 2 aromatic heterocycles. The Morgan fingerprint density at radius 2 is 1.84 bits per heavy atom. The van der Waals surface area contributed by atoms with Crippen LogP contribution in [0.1, 0.15) is 36.6 Å². The SMILES string of the molecule is Cc1sc2nc(SC(C)C(=O)Nc3ccc(N4CCCCC4)cc3)n(C)c(=O)c2c1C. The quantitative estimate of drug-likeness (QED) is 0.444. The molecule has 1 atom stereocenters. The molecule has 1 aliphatic heterocycles. The molecule has 1 aliphatic rings. The molecule has 1 amide bonds. The lowest BCUT2D eigenvalue weighted by molar-refractivity contribution is -0.115. The summed E-state index contributed by atoms with van der Waals surface area (Å²) >= 11 is 2.83. The second-order valence-corrected chi connectivity index (χ2v) is 10.6. The Morgan fingerprint density at radius 1 is 1.16 bits per heavy atom. The predicted molar refractivity (Wildman–Crippen MR) is 131 cm³/mol. The summed E-state index contributed by atoms with van der Waals surface area (Å²) in [5.74, 6) is -0.108. The number of thioether (sulfide) groups is 1. The highest BCUT2D eigenvalue weighted by Crippen LogP contribution is 2.29. The van der Waals surface area contributed by atoms with E-state index in [-0.39, 0.29) is 16.7 Å². The molecule has 6 nitrogen and oxygen atoms in total. The number of hydrogen-bond acceptors (Lipinski definition) is 6. The van der Waals surface area contributed by atoms with E-state index < -0.39 is 0 Å². The normalized spacial score (nSPS) is 15.3. The first kappa shape index (κ1) is 21.9. The third-order valence-corrected chi connectivity index (χ3v) is 8.12. The molecule has 4 rings (SSSR count). The average Bonchev–Trinajstić information content (AvgIpc) is 3.06. The van der Waals surface area contributed by atoms with Crippen LogP contribution in [0.2, 0.25) is 0 Å². The van der Waals surface area contributed by atoms with Gasteiger partial charge in [-0.05, 0) is 69.9 Å². The Kier molecular flexibility index (Phi) is 6.39. The predicted octanol–water partition coefficient (Wildman–Crippen LogP) is 4.72. The number of benzene rings is 1. The van der Waals surface area contributed by atoms with E-state index in [1.165, 1.54) is 48.0 Å². The zero-order valence-corrected chi connectivity index (χ0v) is 20.0. The molecule has 8 heteroatoms. The van der Waals surface area contributed by atoms with Crippen LogP contribution in [0.25, 0.3) is 10.2 Å². The van der Waals surface area contributed by atoms with Gasteiger partial charge < -0.3 is 10.2 Å². The van der Waals surface area contributed by atoms with Gasteiger partial charge in [0.15, 0.2) is 5.16 Å². The number of nitrogens with one attached hydrogen (secondary N) is 1. The van der Waals surface area contributed by atoms with Gasteiger partial charge in [-0.3, -0.25) is 14.2 Å². The molecule has 3 heterocycles. The lowest BCUT2D eigenvalue weighted by Crippen LogP contribution is -2.29. The molecular formula is C23H28N4O2S2. The van der Waals surface area contributed by atoms with Crippen LogP contribution < -0.4 is 15.8 Å². The number of hydrogen-bond donors (Lipinski definition) is 1. The van der Waals surface area contributed by atoms with Crippen LogP contribution in [0.5, 0.6) is 0 Å². The number of carbonyl (C=O) groups is 1. The molecule has 31 heavy (non-hydrogen) atoms. The summed E-state index contributed by atoms with van der Waals surface area (Å²) in [6.45, 7) is 7.98. The highest BCUT2D eigenvalue weighted by atomic mass is 32.2. The molecule has 1 unspecified atom stereocenters. The van der Waals surface area contributed by atoms with Crippen molar-refractivity contribution in [3.8, 4) is 0 Å². The van der Waals surface area contributed by atoms with Gasteiger partial charge in [-0.1, -0.05) is 11.8 Å². The van der Waals surface area contributed by atoms with Crippen molar-refractivity contribution < 1.29 is 4.79 Å². The van der Waals surface area contributed by atoms with Gasteiger partial charge in [0, 0.05) is 36.4 Å². The minimum absolute atomic E-state index is 0.0599. The van der Waals surface area contributed by atoms with Crippen molar-refractivity contribution in [2.24, 2.45) is 7.05 Å². The van der Waals surface area contributed by atoms with Crippen LogP contribution in [0.4, 0.5) is 11.4 Å². The molecule has 164 valence electrons. The lowest BCUT2D eigenvalue weighted by atomic mass is 10.1. The Balaban J connectivity index is 1.45. The molecule has 0 saturated carbocycles. The van der Waals surface area contributed by atoms with E-state index in [4.69, 9.17) is 0 Å². The Morgan fingerprint density at radius 3 is 2.52 bits per heavy atom. The number of carbonyl (C=O) groups excluding carboxylic acids is 1. The molecule has 0 spiro atoms. The van der Waals surface area contributed by atoms with E-state index >= 15 is 0 Å². The molecule has 0 bridgehead atoms. The van der Waals surface area contributed by atoms with E-state index in [0.29, 0.717) is 10.5 Å². The van der Waals surface area contributed by atoms with Crippen LogP contribution in [-0.2, 0) is 11.8 Å². The lowest BCUT2D eigenvalue weighted by Gasteiger charge is -2.28. The fourth-order valence-electron chi connectivity index (χ4n) is 3.82. The summed E-state index contributed by atoms with van der Waals surface area (Å²) in [4.78, 5) is 34.5. The smallest absolute Gasteiger partial charge is 0.262 e. The highest BCUT2D eigenvalue weighted by Gasteiger charge is 2.20. The fraction of sp³-hybridized carbons (Fsp3) is 0.435. The molecular weight excluding hydrogens is 428 g/mol. The maximum absolute atomic E-state index is 12.8. The van der Waals surface area contributed by atoms with Gasteiger partial charge in [-0.15, -0.1) is 11.3 Å². The minimum Gasteiger partial charge on any atom is -0.372 e. The molecule has 1 fully saturated rings. The summed E-state index contributed by atoms with van der Waals surface area (Å²) in [6, 6.07) is 8.05. The first-order chi connectivity index (χ1) is 14.8. The summed E-state index contributed by atoms with van der Waals surface area (Å²) in [5.41, 5.74) is 2.91. The first-order valence-electron chi connectivity index (χ1n) is 10.6. The molecule has 1 N–H and O–H groups in total. The van der Waals surface area contributed by atoms with Crippen molar-refractivity contribution >= 4 is 50.6 Å². The molecule has 1 saturated heterocycles. The summed E-state index contributed by atoms with van der Waals surface area (Å²) in [6.07, 6.45) is 3.78. The summed E-state index contributed by atoms with van der Waals surface area (Å²) in [5, 5.41) is 3.83. The number of amides is 1. The number of fused-ring (bicyclic) bond motifs is 1. The van der Waals surface area contributed by atoms with Crippen LogP contribution in [0, 0.1) is 13.8 Å². The van der Waals surface area contributed by atoms with E-state index in [2.05, 4.69) is 27.3 Å². The Hall–Kier alpha value is -2.32. The van der Waals surface area contributed by atoms with Gasteiger partial charge in [0.1, 0.15) is 4.83 Å². The largest absolute Gasteiger partial charge is 0.372 e. The number of anilines is 2. The standard InChI is InChI=1S/C23H28N4O2S2/c1-14-15(2)30-21-19(14)22(29)26(4)23(25-21)31-16(3)20(28)24-17-8-10-18(11-9-17)27-12-6-5-7-13-27/h8-11,16H,5-7,12-13H2,1-4H3,(H,24,28). The number of aryl methyl sites for hydroxylation is 2. The molecule has 0 radical (unpaired) electrons. The van der Waals surface area contributed by atoms with Gasteiger partial charge in [0.25, 0.3) is 5.56 Å². The number of rotatable bonds is 5. The van der Waals surface area contributed by atoms with E-state index in [1.807, 2.05) is 32.9 Å². The monoisotopic (exact) mass is 456 g/mol. The van der Waals surface area contributed by atoms with Crippen molar-refractivity contribution in [2.75, 3.05) is 23.3 Å². The number of thiophene rings is 1. The van der Waals surface area contributed by atoms with Crippen LogP contribution in [0.3, 0.4) is 0 Å². The molecule has 1 aromatic carbocycles. The minimum atomic E-state index is -0.389. The van der Waals surface area contributed by atoms with Crippen molar-refractivity contribution in [3.05, 3.63) is 45.1 Å². The Labute approximate surface area is 190 Å². The fourth-order valence-corrected chi connectivity index (χ4v) is 5.77. The maximum Gasteiger partial charge on any atom is 0.262 e. The van der Waals surface area contributed by atoms with Crippen LogP contribution >= 0.6 is 23.1 Å². The van der Waals surface area contributed by atoms with Crippen molar-refractivity contribution in [1.82, 2.24) is 9.55 Å². The number of piperidine rings is 1.